The van der Waals surface area contributed by atoms with Crippen molar-refractivity contribution in [2.24, 2.45) is 0 Å². The molecule has 4 rings (SSSR count). The summed E-state index contributed by atoms with van der Waals surface area (Å²) < 4.78 is 7.63. The van der Waals surface area contributed by atoms with Crippen molar-refractivity contribution in [1.29, 1.82) is 0 Å². The monoisotopic (exact) mass is 395 g/mol. The van der Waals surface area contributed by atoms with E-state index in [9.17, 15) is 4.79 Å². The van der Waals surface area contributed by atoms with Crippen molar-refractivity contribution in [2.75, 3.05) is 11.9 Å². The number of imidazole rings is 1. The predicted molar refractivity (Wildman–Crippen MR) is 112 cm³/mol. The van der Waals surface area contributed by atoms with Gasteiger partial charge in [0, 0.05) is 10.7 Å². The van der Waals surface area contributed by atoms with Crippen LogP contribution in [0.2, 0.25) is 5.02 Å². The fraction of sp³-hybridized carbons (Fsp3) is 0.273. The fourth-order valence-electron chi connectivity index (χ4n) is 3.58. The van der Waals surface area contributed by atoms with Gasteiger partial charge >= 0.3 is 5.97 Å². The van der Waals surface area contributed by atoms with Crippen molar-refractivity contribution in [3.63, 3.8) is 0 Å². The zero-order valence-corrected chi connectivity index (χ0v) is 16.7. The first-order chi connectivity index (χ1) is 13.6. The number of anilines is 1. The summed E-state index contributed by atoms with van der Waals surface area (Å²) in [4.78, 5) is 17.7. The summed E-state index contributed by atoms with van der Waals surface area (Å²) in [7, 11) is 0. The minimum absolute atomic E-state index is 0.304. The van der Waals surface area contributed by atoms with Gasteiger partial charge in [-0.05, 0) is 43.2 Å². The summed E-state index contributed by atoms with van der Waals surface area (Å²) in [5.74, 6) is 0.408. The quantitative estimate of drug-likeness (QED) is 0.469. The number of carbonyl (C=O) groups is 1. The second-order valence-corrected chi connectivity index (χ2v) is 7.34. The first-order valence-corrected chi connectivity index (χ1v) is 9.85. The number of nitrogens with zero attached hydrogens (tertiary/aromatic N) is 2. The van der Waals surface area contributed by atoms with Crippen LogP contribution in [0, 0.1) is 0 Å². The minimum Gasteiger partial charge on any atom is -0.462 e. The number of benzene rings is 2. The third kappa shape index (κ3) is 3.27. The Labute approximate surface area is 169 Å². The van der Waals surface area contributed by atoms with Crippen LogP contribution in [-0.2, 0) is 9.53 Å². The van der Waals surface area contributed by atoms with Crippen LogP contribution in [0.15, 0.2) is 59.8 Å². The molecule has 1 atom stereocenters. The summed E-state index contributed by atoms with van der Waals surface area (Å²) in [5, 5.41) is 3.94. The molecular weight excluding hydrogens is 374 g/mol. The number of nitrogens with one attached hydrogen (secondary N) is 1. The van der Waals surface area contributed by atoms with E-state index in [0.717, 1.165) is 35.1 Å². The van der Waals surface area contributed by atoms with Gasteiger partial charge in [-0.3, -0.25) is 4.57 Å². The van der Waals surface area contributed by atoms with E-state index in [4.69, 9.17) is 21.3 Å². The van der Waals surface area contributed by atoms with Crippen LogP contribution in [0.4, 0.5) is 5.95 Å². The molecule has 1 aliphatic rings. The van der Waals surface area contributed by atoms with Crippen molar-refractivity contribution in [2.45, 2.75) is 32.7 Å². The summed E-state index contributed by atoms with van der Waals surface area (Å²) in [6, 6.07) is 15.1. The molecular formula is C22H22ClN3O2. The standard InChI is InChI=1S/C22H22ClN3O2/c1-3-4-13-28-21(27)19-14(2)24-22-25-17-7-5-6-8-18(17)26(22)20(19)15-9-11-16(23)12-10-15/h5-12,20H,3-4,13H2,1-2H3,(H,24,25). The molecule has 2 heterocycles. The lowest BCUT2D eigenvalue weighted by Crippen LogP contribution is -2.29. The van der Waals surface area contributed by atoms with Crippen molar-refractivity contribution in [1.82, 2.24) is 9.55 Å². The highest BCUT2D eigenvalue weighted by molar-refractivity contribution is 6.30. The Hall–Kier alpha value is -2.79. The van der Waals surface area contributed by atoms with E-state index in [0.29, 0.717) is 23.2 Å². The molecule has 0 saturated carbocycles. The normalized spacial score (nSPS) is 16.0. The Morgan fingerprint density at radius 3 is 2.71 bits per heavy atom. The molecule has 0 spiro atoms. The van der Waals surface area contributed by atoms with E-state index in [1.807, 2.05) is 55.5 Å². The number of rotatable bonds is 5. The smallest absolute Gasteiger partial charge is 0.338 e. The largest absolute Gasteiger partial charge is 0.462 e. The lowest BCUT2D eigenvalue weighted by Gasteiger charge is -2.30. The number of para-hydroxylation sites is 2. The number of hydrogen-bond donors (Lipinski definition) is 1. The molecule has 1 aromatic heterocycles. The van der Waals surface area contributed by atoms with E-state index in [1.165, 1.54) is 0 Å². The highest BCUT2D eigenvalue weighted by atomic mass is 35.5. The maximum Gasteiger partial charge on any atom is 0.338 e. The van der Waals surface area contributed by atoms with Crippen molar-refractivity contribution in [3.05, 3.63) is 70.4 Å². The van der Waals surface area contributed by atoms with Crippen LogP contribution in [0.3, 0.4) is 0 Å². The van der Waals surface area contributed by atoms with Crippen LogP contribution >= 0.6 is 11.6 Å². The Kier molecular flexibility index (Phi) is 5.09. The number of esters is 1. The van der Waals surface area contributed by atoms with Gasteiger partial charge in [0.25, 0.3) is 0 Å². The Morgan fingerprint density at radius 1 is 1.21 bits per heavy atom. The molecule has 2 aromatic carbocycles. The van der Waals surface area contributed by atoms with E-state index >= 15 is 0 Å². The van der Waals surface area contributed by atoms with Crippen LogP contribution in [-0.4, -0.2) is 22.1 Å². The first kappa shape index (κ1) is 18.6. The Bertz CT molecular complexity index is 1050. The van der Waals surface area contributed by atoms with Crippen LogP contribution in [0.1, 0.15) is 38.3 Å². The SMILES string of the molecule is CCCCOC(=O)C1=C(C)Nc2nc3ccccc3n2C1c1ccc(Cl)cc1. The number of fused-ring (bicyclic) bond motifs is 3. The average molecular weight is 396 g/mol. The molecule has 144 valence electrons. The van der Waals surface area contributed by atoms with Gasteiger partial charge in [-0.25, -0.2) is 9.78 Å². The number of hydrogen-bond acceptors (Lipinski definition) is 4. The van der Waals surface area contributed by atoms with Crippen molar-refractivity contribution < 1.29 is 9.53 Å². The summed E-state index contributed by atoms with van der Waals surface area (Å²) in [6.07, 6.45) is 1.82. The number of carbonyl (C=O) groups excluding carboxylic acids is 1. The third-order valence-corrected chi connectivity index (χ3v) is 5.22. The summed E-state index contributed by atoms with van der Waals surface area (Å²) in [6.45, 7) is 4.38. The minimum atomic E-state index is -0.338. The number of aromatic nitrogens is 2. The van der Waals surface area contributed by atoms with Gasteiger partial charge in [0.05, 0.1) is 29.3 Å². The second kappa shape index (κ2) is 7.68. The molecule has 1 unspecified atom stereocenters. The molecule has 28 heavy (non-hydrogen) atoms. The molecule has 3 aromatic rings. The molecule has 0 radical (unpaired) electrons. The molecule has 5 nitrogen and oxygen atoms in total. The molecule has 0 amide bonds. The average Bonchev–Trinajstić information content (AvgIpc) is 3.05. The third-order valence-electron chi connectivity index (χ3n) is 4.97. The van der Waals surface area contributed by atoms with Gasteiger partial charge in [-0.15, -0.1) is 0 Å². The molecule has 6 heteroatoms. The molecule has 0 bridgehead atoms. The zero-order valence-electron chi connectivity index (χ0n) is 15.9. The van der Waals surface area contributed by atoms with Gasteiger partial charge in [0.15, 0.2) is 0 Å². The highest BCUT2D eigenvalue weighted by Gasteiger charge is 2.34. The molecule has 1 N–H and O–H groups in total. The van der Waals surface area contributed by atoms with Crippen LogP contribution < -0.4 is 5.32 Å². The predicted octanol–water partition coefficient (Wildman–Crippen LogP) is 5.32. The van der Waals surface area contributed by atoms with E-state index in [1.54, 1.807) is 0 Å². The Morgan fingerprint density at radius 2 is 1.96 bits per heavy atom. The van der Waals surface area contributed by atoms with Gasteiger partial charge < -0.3 is 10.1 Å². The topological polar surface area (TPSA) is 56.1 Å². The molecule has 1 aliphatic heterocycles. The molecule has 0 fully saturated rings. The lowest BCUT2D eigenvalue weighted by atomic mass is 9.95. The first-order valence-electron chi connectivity index (χ1n) is 9.47. The van der Waals surface area contributed by atoms with Gasteiger partial charge in [0.2, 0.25) is 5.95 Å². The highest BCUT2D eigenvalue weighted by Crippen LogP contribution is 2.39. The number of ether oxygens (including phenoxy) is 1. The summed E-state index contributed by atoms with van der Waals surface area (Å²) in [5.41, 5.74) is 4.13. The van der Waals surface area contributed by atoms with Crippen molar-refractivity contribution in [3.8, 4) is 0 Å². The maximum atomic E-state index is 13.0. The summed E-state index contributed by atoms with van der Waals surface area (Å²) >= 11 is 6.10. The van der Waals surface area contributed by atoms with E-state index in [-0.39, 0.29) is 12.0 Å². The number of halogens is 1. The van der Waals surface area contributed by atoms with E-state index in [2.05, 4.69) is 16.8 Å². The molecule has 0 aliphatic carbocycles. The number of allylic oxidation sites excluding steroid dienone is 1. The van der Waals surface area contributed by atoms with Crippen LogP contribution in [0.5, 0.6) is 0 Å². The Balaban J connectivity index is 1.86. The second-order valence-electron chi connectivity index (χ2n) is 6.90. The van der Waals surface area contributed by atoms with Crippen molar-refractivity contribution >= 4 is 34.6 Å². The fourth-order valence-corrected chi connectivity index (χ4v) is 3.70. The van der Waals surface area contributed by atoms with Gasteiger partial charge in [-0.2, -0.15) is 0 Å². The van der Waals surface area contributed by atoms with Gasteiger partial charge in [-0.1, -0.05) is 49.2 Å². The van der Waals surface area contributed by atoms with Gasteiger partial charge in [0.1, 0.15) is 0 Å². The van der Waals surface area contributed by atoms with Crippen LogP contribution in [0.25, 0.3) is 11.0 Å². The zero-order chi connectivity index (χ0) is 19.7. The lowest BCUT2D eigenvalue weighted by molar-refractivity contribution is -0.139. The maximum absolute atomic E-state index is 13.0. The molecule has 0 saturated heterocycles. The van der Waals surface area contributed by atoms with E-state index < -0.39 is 0 Å². The number of unbranched alkanes of at least 4 members (excludes halogenated alkanes) is 1.